The van der Waals surface area contributed by atoms with Crippen molar-refractivity contribution in [3.8, 4) is 5.75 Å². The second kappa shape index (κ2) is 9.24. The van der Waals surface area contributed by atoms with Crippen molar-refractivity contribution in [1.29, 1.82) is 0 Å². The molecule has 2 saturated heterocycles. The molecule has 0 aromatic heterocycles. The molecule has 2 aliphatic heterocycles. The highest BCUT2D eigenvalue weighted by atomic mass is 19.1. The van der Waals surface area contributed by atoms with Gasteiger partial charge in [-0.3, -0.25) is 0 Å². The van der Waals surface area contributed by atoms with Crippen molar-refractivity contribution < 1.29 is 18.7 Å². The largest absolute Gasteiger partial charge is 0.497 e. The molecule has 4 amide bonds. The first-order chi connectivity index (χ1) is 15.0. The predicted octanol–water partition coefficient (Wildman–Crippen LogP) is 3.77. The number of rotatable bonds is 5. The summed E-state index contributed by atoms with van der Waals surface area (Å²) in [5.41, 5.74) is 1.61. The highest BCUT2D eigenvalue weighted by Gasteiger charge is 2.36. The van der Waals surface area contributed by atoms with E-state index < -0.39 is 0 Å². The number of hydrogen-bond acceptors (Lipinski definition) is 3. The van der Waals surface area contributed by atoms with E-state index in [-0.39, 0.29) is 23.9 Å². The zero-order chi connectivity index (χ0) is 21.8. The van der Waals surface area contributed by atoms with E-state index >= 15 is 0 Å². The summed E-state index contributed by atoms with van der Waals surface area (Å²) >= 11 is 0. The molecular formula is C23H27FN4O3. The Kier molecular flexibility index (Phi) is 6.25. The third-order valence-electron chi connectivity index (χ3n) is 5.93. The van der Waals surface area contributed by atoms with Gasteiger partial charge in [0, 0.05) is 50.5 Å². The Morgan fingerprint density at radius 3 is 2.55 bits per heavy atom. The molecule has 0 saturated carbocycles. The molecular weight excluding hydrogens is 399 g/mol. The average molecular weight is 426 g/mol. The molecule has 8 heteroatoms. The number of halogens is 1. The van der Waals surface area contributed by atoms with Crippen LogP contribution in [0.3, 0.4) is 0 Å². The third kappa shape index (κ3) is 4.90. The van der Waals surface area contributed by atoms with E-state index in [1.807, 2.05) is 23.1 Å². The molecule has 31 heavy (non-hydrogen) atoms. The van der Waals surface area contributed by atoms with Gasteiger partial charge in [0.15, 0.2) is 0 Å². The van der Waals surface area contributed by atoms with E-state index in [1.165, 1.54) is 12.1 Å². The number of ether oxygens (including phenoxy) is 1. The molecule has 0 radical (unpaired) electrons. The standard InChI is InChI=1S/C23H27FN4O3/c1-31-21-4-2-3-19(15-21)25-22(29)26-11-9-20(10-12-26)28-14-13-27(23(28)30)16-17-5-7-18(24)8-6-17/h2-8,15,20H,9-14,16H2,1H3,(H,25,29). The summed E-state index contributed by atoms with van der Waals surface area (Å²) in [4.78, 5) is 31.0. The fraction of sp³-hybridized carbons (Fsp3) is 0.391. The van der Waals surface area contributed by atoms with Crippen molar-refractivity contribution in [2.24, 2.45) is 0 Å². The quantitative estimate of drug-likeness (QED) is 0.792. The summed E-state index contributed by atoms with van der Waals surface area (Å²) in [6.07, 6.45) is 1.50. The number of benzene rings is 2. The first-order valence-corrected chi connectivity index (χ1v) is 10.5. The van der Waals surface area contributed by atoms with Crippen LogP contribution < -0.4 is 10.1 Å². The molecule has 164 valence electrons. The molecule has 2 aromatic rings. The third-order valence-corrected chi connectivity index (χ3v) is 5.93. The summed E-state index contributed by atoms with van der Waals surface area (Å²) in [6.45, 7) is 3.02. The number of anilines is 1. The SMILES string of the molecule is COc1cccc(NC(=O)N2CCC(N3CCN(Cc4ccc(F)cc4)C3=O)CC2)c1. The lowest BCUT2D eigenvalue weighted by molar-refractivity contribution is 0.139. The minimum absolute atomic E-state index is 0.0172. The Morgan fingerprint density at radius 2 is 1.84 bits per heavy atom. The molecule has 0 bridgehead atoms. The number of carbonyl (C=O) groups excluding carboxylic acids is 2. The minimum atomic E-state index is -0.277. The lowest BCUT2D eigenvalue weighted by Gasteiger charge is -2.36. The summed E-state index contributed by atoms with van der Waals surface area (Å²) < 4.78 is 18.3. The van der Waals surface area contributed by atoms with Gasteiger partial charge in [0.05, 0.1) is 7.11 Å². The predicted molar refractivity (Wildman–Crippen MR) is 116 cm³/mol. The van der Waals surface area contributed by atoms with Crippen LogP contribution in [0, 0.1) is 5.82 Å². The van der Waals surface area contributed by atoms with Crippen LogP contribution in [-0.2, 0) is 6.54 Å². The monoisotopic (exact) mass is 426 g/mol. The highest BCUT2D eigenvalue weighted by molar-refractivity contribution is 5.89. The lowest BCUT2D eigenvalue weighted by Crippen LogP contribution is -2.49. The number of nitrogens with zero attached hydrogens (tertiary/aromatic N) is 3. The Bertz CT molecular complexity index is 929. The number of piperidine rings is 1. The van der Waals surface area contributed by atoms with Crippen LogP contribution in [0.4, 0.5) is 19.7 Å². The van der Waals surface area contributed by atoms with Crippen LogP contribution >= 0.6 is 0 Å². The van der Waals surface area contributed by atoms with E-state index in [0.717, 1.165) is 18.4 Å². The van der Waals surface area contributed by atoms with Crippen LogP contribution in [0.2, 0.25) is 0 Å². The van der Waals surface area contributed by atoms with Gasteiger partial charge < -0.3 is 24.8 Å². The minimum Gasteiger partial charge on any atom is -0.497 e. The Labute approximate surface area is 181 Å². The molecule has 0 spiro atoms. The van der Waals surface area contributed by atoms with E-state index in [0.29, 0.717) is 44.2 Å². The van der Waals surface area contributed by atoms with Crippen molar-refractivity contribution in [1.82, 2.24) is 14.7 Å². The Morgan fingerprint density at radius 1 is 1.10 bits per heavy atom. The van der Waals surface area contributed by atoms with Crippen LogP contribution in [0.25, 0.3) is 0 Å². The highest BCUT2D eigenvalue weighted by Crippen LogP contribution is 2.24. The van der Waals surface area contributed by atoms with Crippen molar-refractivity contribution in [2.45, 2.75) is 25.4 Å². The van der Waals surface area contributed by atoms with Gasteiger partial charge in [-0.15, -0.1) is 0 Å². The normalized spacial score (nSPS) is 17.2. The molecule has 2 aromatic carbocycles. The van der Waals surface area contributed by atoms with Gasteiger partial charge in [-0.25, -0.2) is 14.0 Å². The molecule has 0 unspecified atom stereocenters. The smallest absolute Gasteiger partial charge is 0.321 e. The fourth-order valence-corrected chi connectivity index (χ4v) is 4.18. The van der Waals surface area contributed by atoms with Crippen molar-refractivity contribution in [2.75, 3.05) is 38.6 Å². The zero-order valence-electron chi connectivity index (χ0n) is 17.6. The van der Waals surface area contributed by atoms with Gasteiger partial charge in [-0.1, -0.05) is 18.2 Å². The topological polar surface area (TPSA) is 65.1 Å². The maximum atomic E-state index is 13.1. The second-order valence-electron chi connectivity index (χ2n) is 7.90. The maximum Gasteiger partial charge on any atom is 0.321 e. The fourth-order valence-electron chi connectivity index (χ4n) is 4.18. The van der Waals surface area contributed by atoms with Gasteiger partial charge in [-0.2, -0.15) is 0 Å². The van der Waals surface area contributed by atoms with Crippen LogP contribution in [-0.4, -0.2) is 66.1 Å². The van der Waals surface area contributed by atoms with Gasteiger partial charge in [0.1, 0.15) is 11.6 Å². The number of nitrogens with one attached hydrogen (secondary N) is 1. The van der Waals surface area contributed by atoms with E-state index in [2.05, 4.69) is 5.32 Å². The lowest BCUT2D eigenvalue weighted by atomic mass is 10.0. The number of likely N-dealkylation sites (tertiary alicyclic amines) is 1. The summed E-state index contributed by atoms with van der Waals surface area (Å²) in [5.74, 6) is 0.412. The first-order valence-electron chi connectivity index (χ1n) is 10.5. The number of urea groups is 2. The zero-order valence-corrected chi connectivity index (χ0v) is 17.6. The van der Waals surface area contributed by atoms with Gasteiger partial charge >= 0.3 is 12.1 Å². The first kappa shape index (κ1) is 21.0. The van der Waals surface area contributed by atoms with Gasteiger partial charge in [0.25, 0.3) is 0 Å². The van der Waals surface area contributed by atoms with E-state index in [1.54, 1.807) is 35.1 Å². The molecule has 2 aliphatic rings. The number of hydrogen-bond donors (Lipinski definition) is 1. The van der Waals surface area contributed by atoms with Crippen molar-refractivity contribution in [3.05, 3.63) is 59.9 Å². The molecule has 7 nitrogen and oxygen atoms in total. The van der Waals surface area contributed by atoms with Crippen molar-refractivity contribution in [3.63, 3.8) is 0 Å². The van der Waals surface area contributed by atoms with Crippen molar-refractivity contribution >= 4 is 17.7 Å². The molecule has 0 aliphatic carbocycles. The van der Waals surface area contributed by atoms with Gasteiger partial charge in [0.2, 0.25) is 0 Å². The molecule has 2 heterocycles. The number of carbonyl (C=O) groups is 2. The van der Waals surface area contributed by atoms with E-state index in [9.17, 15) is 14.0 Å². The van der Waals surface area contributed by atoms with Crippen LogP contribution in [0.1, 0.15) is 18.4 Å². The second-order valence-corrected chi connectivity index (χ2v) is 7.90. The maximum absolute atomic E-state index is 13.1. The number of amides is 4. The molecule has 4 rings (SSSR count). The average Bonchev–Trinajstić information content (AvgIpc) is 3.15. The molecule has 2 fully saturated rings. The summed E-state index contributed by atoms with van der Waals surface area (Å²) in [5, 5.41) is 2.91. The number of methoxy groups -OCH3 is 1. The van der Waals surface area contributed by atoms with Gasteiger partial charge in [-0.05, 0) is 42.7 Å². The van der Waals surface area contributed by atoms with Crippen LogP contribution in [0.5, 0.6) is 5.75 Å². The molecule has 1 N–H and O–H groups in total. The Balaban J connectivity index is 1.28. The summed E-state index contributed by atoms with van der Waals surface area (Å²) in [7, 11) is 1.59. The Hall–Kier alpha value is -3.29. The molecule has 0 atom stereocenters. The summed E-state index contributed by atoms with van der Waals surface area (Å²) in [6, 6.07) is 13.5. The van der Waals surface area contributed by atoms with E-state index in [4.69, 9.17) is 4.74 Å². The van der Waals surface area contributed by atoms with Crippen LogP contribution in [0.15, 0.2) is 48.5 Å².